The summed E-state index contributed by atoms with van der Waals surface area (Å²) in [6.07, 6.45) is 2.40. The van der Waals surface area contributed by atoms with Crippen LogP contribution in [0, 0.1) is 0 Å². The van der Waals surface area contributed by atoms with Crippen molar-refractivity contribution in [2.75, 3.05) is 0 Å². The first kappa shape index (κ1) is 9.23. The molecule has 1 heterocycles. The fourth-order valence-electron chi connectivity index (χ4n) is 0.873. The summed E-state index contributed by atoms with van der Waals surface area (Å²) in [6.45, 7) is 5.39. The van der Waals surface area contributed by atoms with Crippen molar-refractivity contribution in [3.05, 3.63) is 41.2 Å². The highest BCUT2D eigenvalue weighted by Gasteiger charge is 2.10. The number of aliphatic hydroxyl groups is 1. The molecule has 0 aliphatic heterocycles. The topological polar surface area (TPSA) is 33.1 Å². The van der Waals surface area contributed by atoms with Gasteiger partial charge in [-0.1, -0.05) is 18.2 Å². The highest BCUT2D eigenvalue weighted by molar-refractivity contribution is 6.31. The third-order valence-electron chi connectivity index (χ3n) is 1.57. The monoisotopic (exact) mass is 183 g/mol. The molecule has 0 bridgehead atoms. The van der Waals surface area contributed by atoms with Gasteiger partial charge in [0.1, 0.15) is 6.10 Å². The van der Waals surface area contributed by atoms with Crippen LogP contribution in [0.1, 0.15) is 18.6 Å². The van der Waals surface area contributed by atoms with E-state index >= 15 is 0 Å². The molecule has 0 fully saturated rings. The summed E-state index contributed by atoms with van der Waals surface area (Å²) >= 11 is 5.80. The predicted octanol–water partition coefficient (Wildman–Crippen LogP) is 2.34. The molecule has 2 nitrogen and oxygen atoms in total. The second kappa shape index (κ2) is 3.70. The van der Waals surface area contributed by atoms with Crippen molar-refractivity contribution in [1.29, 1.82) is 0 Å². The molecule has 1 aromatic heterocycles. The minimum Gasteiger partial charge on any atom is -0.384 e. The maximum Gasteiger partial charge on any atom is 0.101 e. The predicted molar refractivity (Wildman–Crippen MR) is 49.0 cm³/mol. The van der Waals surface area contributed by atoms with Gasteiger partial charge in [-0.2, -0.15) is 0 Å². The number of pyridine rings is 1. The summed E-state index contributed by atoms with van der Waals surface area (Å²) in [5.41, 5.74) is 1.32. The van der Waals surface area contributed by atoms with E-state index < -0.39 is 6.10 Å². The van der Waals surface area contributed by atoms with Crippen LogP contribution in [0.3, 0.4) is 0 Å². The minimum absolute atomic E-state index is 0.466. The molecular formula is C9H10ClNO. The van der Waals surface area contributed by atoms with Crippen molar-refractivity contribution in [2.24, 2.45) is 0 Å². The number of rotatable bonds is 2. The Morgan fingerprint density at radius 3 is 2.92 bits per heavy atom. The molecular weight excluding hydrogens is 174 g/mol. The third-order valence-corrected chi connectivity index (χ3v) is 1.88. The van der Waals surface area contributed by atoms with Crippen LogP contribution in [-0.2, 0) is 0 Å². The quantitative estimate of drug-likeness (QED) is 0.714. The first-order valence-corrected chi connectivity index (χ1v) is 3.93. The van der Waals surface area contributed by atoms with Crippen LogP contribution in [-0.4, -0.2) is 10.1 Å². The molecule has 1 aromatic rings. The van der Waals surface area contributed by atoms with Gasteiger partial charge in [0.15, 0.2) is 0 Å². The number of halogens is 1. The van der Waals surface area contributed by atoms with Gasteiger partial charge < -0.3 is 5.11 Å². The maximum atomic E-state index is 9.57. The lowest BCUT2D eigenvalue weighted by Gasteiger charge is -2.11. The molecule has 0 aromatic carbocycles. The van der Waals surface area contributed by atoms with Gasteiger partial charge in [0.05, 0.1) is 5.02 Å². The van der Waals surface area contributed by atoms with Gasteiger partial charge in [0.2, 0.25) is 0 Å². The van der Waals surface area contributed by atoms with Crippen LogP contribution in [0.25, 0.3) is 0 Å². The average Bonchev–Trinajstić information content (AvgIpc) is 2.04. The van der Waals surface area contributed by atoms with Gasteiger partial charge in [0.25, 0.3) is 0 Å². The van der Waals surface area contributed by atoms with E-state index in [1.54, 1.807) is 19.2 Å². The Balaban J connectivity index is 3.02. The lowest BCUT2D eigenvalue weighted by molar-refractivity contribution is 0.216. The van der Waals surface area contributed by atoms with E-state index in [4.69, 9.17) is 11.6 Å². The van der Waals surface area contributed by atoms with E-state index in [0.717, 1.165) is 0 Å². The molecule has 0 spiro atoms. The van der Waals surface area contributed by atoms with E-state index in [-0.39, 0.29) is 0 Å². The first-order chi connectivity index (χ1) is 5.63. The third kappa shape index (κ3) is 1.84. The molecule has 1 rings (SSSR count). The summed E-state index contributed by atoms with van der Waals surface area (Å²) in [6, 6.07) is 1.68. The summed E-state index contributed by atoms with van der Waals surface area (Å²) in [7, 11) is 0. The number of hydrogen-bond donors (Lipinski definition) is 1. The largest absolute Gasteiger partial charge is 0.384 e. The van der Waals surface area contributed by atoms with Crippen molar-refractivity contribution in [2.45, 2.75) is 13.0 Å². The van der Waals surface area contributed by atoms with Gasteiger partial charge in [0, 0.05) is 18.0 Å². The van der Waals surface area contributed by atoms with E-state index in [9.17, 15) is 5.11 Å². The molecule has 3 heteroatoms. The summed E-state index contributed by atoms with van der Waals surface area (Å²) in [5.74, 6) is 0. The van der Waals surface area contributed by atoms with Crippen molar-refractivity contribution in [3.63, 3.8) is 0 Å². The second-order valence-corrected chi connectivity index (χ2v) is 3.05. The van der Waals surface area contributed by atoms with E-state index in [0.29, 0.717) is 16.2 Å². The SMILES string of the molecule is C=C(C)C(O)c1ccncc1Cl. The molecule has 0 aliphatic rings. The normalized spacial score (nSPS) is 12.6. The number of hydrogen-bond acceptors (Lipinski definition) is 2. The highest BCUT2D eigenvalue weighted by Crippen LogP contribution is 2.25. The summed E-state index contributed by atoms with van der Waals surface area (Å²) < 4.78 is 0. The zero-order chi connectivity index (χ0) is 9.14. The van der Waals surface area contributed by atoms with Gasteiger partial charge in [-0.15, -0.1) is 0 Å². The lowest BCUT2D eigenvalue weighted by Crippen LogP contribution is -1.98. The highest BCUT2D eigenvalue weighted by atomic mass is 35.5. The van der Waals surface area contributed by atoms with E-state index in [2.05, 4.69) is 11.6 Å². The van der Waals surface area contributed by atoms with Crippen molar-refractivity contribution in [3.8, 4) is 0 Å². The minimum atomic E-state index is -0.694. The van der Waals surface area contributed by atoms with Crippen LogP contribution in [0.15, 0.2) is 30.6 Å². The second-order valence-electron chi connectivity index (χ2n) is 2.65. The van der Waals surface area contributed by atoms with Gasteiger partial charge in [-0.25, -0.2) is 0 Å². The Bertz CT molecular complexity index is 298. The smallest absolute Gasteiger partial charge is 0.101 e. The van der Waals surface area contributed by atoms with Crippen LogP contribution < -0.4 is 0 Å². The zero-order valence-corrected chi connectivity index (χ0v) is 7.54. The van der Waals surface area contributed by atoms with E-state index in [1.165, 1.54) is 6.20 Å². The number of aromatic nitrogens is 1. The van der Waals surface area contributed by atoms with Gasteiger partial charge in [-0.3, -0.25) is 4.98 Å². The Morgan fingerprint density at radius 1 is 1.75 bits per heavy atom. The standard InChI is InChI=1S/C9H10ClNO/c1-6(2)9(12)7-3-4-11-5-8(7)10/h3-5,9,12H,1H2,2H3. The molecule has 0 aliphatic carbocycles. The Hall–Kier alpha value is -0.860. The molecule has 1 unspecified atom stereocenters. The number of aliphatic hydroxyl groups excluding tert-OH is 1. The molecule has 64 valence electrons. The Kier molecular flexibility index (Phi) is 2.84. The molecule has 0 radical (unpaired) electrons. The first-order valence-electron chi connectivity index (χ1n) is 3.56. The molecule has 0 amide bonds. The zero-order valence-electron chi connectivity index (χ0n) is 6.79. The fourth-order valence-corrected chi connectivity index (χ4v) is 1.10. The molecule has 1 atom stereocenters. The van der Waals surface area contributed by atoms with Crippen LogP contribution in [0.5, 0.6) is 0 Å². The van der Waals surface area contributed by atoms with Gasteiger partial charge >= 0.3 is 0 Å². The molecule has 1 N–H and O–H groups in total. The van der Waals surface area contributed by atoms with Crippen LogP contribution >= 0.6 is 11.6 Å². The lowest BCUT2D eigenvalue weighted by atomic mass is 10.1. The average molecular weight is 184 g/mol. The van der Waals surface area contributed by atoms with Crippen LogP contribution in [0.2, 0.25) is 5.02 Å². The van der Waals surface area contributed by atoms with Crippen molar-refractivity contribution in [1.82, 2.24) is 4.98 Å². The summed E-state index contributed by atoms with van der Waals surface area (Å²) in [5, 5.41) is 10.0. The maximum absolute atomic E-state index is 9.57. The Morgan fingerprint density at radius 2 is 2.42 bits per heavy atom. The summed E-state index contributed by atoms with van der Waals surface area (Å²) in [4.78, 5) is 3.81. The van der Waals surface area contributed by atoms with Crippen molar-refractivity contribution < 1.29 is 5.11 Å². The number of nitrogens with zero attached hydrogens (tertiary/aromatic N) is 1. The fraction of sp³-hybridized carbons (Fsp3) is 0.222. The molecule has 12 heavy (non-hydrogen) atoms. The van der Waals surface area contributed by atoms with Gasteiger partial charge in [-0.05, 0) is 18.6 Å². The van der Waals surface area contributed by atoms with Crippen molar-refractivity contribution >= 4 is 11.6 Å². The Labute approximate surface area is 76.5 Å². The van der Waals surface area contributed by atoms with E-state index in [1.807, 2.05) is 0 Å². The molecule has 0 saturated heterocycles. The molecule has 0 saturated carbocycles. The van der Waals surface area contributed by atoms with Crippen LogP contribution in [0.4, 0.5) is 0 Å².